The number of hydrogen-bond acceptors (Lipinski definition) is 7. The third kappa shape index (κ3) is 6.03. The number of nitrogens with zero attached hydrogens (tertiary/aromatic N) is 1. The number of nitrogens with one attached hydrogen (secondary N) is 2. The molecule has 8 nitrogen and oxygen atoms in total. The van der Waals surface area contributed by atoms with Crippen molar-refractivity contribution in [3.05, 3.63) is 22.1 Å². The van der Waals surface area contributed by atoms with Crippen LogP contribution in [0.3, 0.4) is 0 Å². The van der Waals surface area contributed by atoms with Gasteiger partial charge in [0.05, 0.1) is 31.1 Å². The zero-order chi connectivity index (χ0) is 16.7. The van der Waals surface area contributed by atoms with Crippen LogP contribution in [0.2, 0.25) is 0 Å². The molecule has 1 saturated heterocycles. The van der Waals surface area contributed by atoms with Crippen molar-refractivity contribution in [2.45, 2.75) is 30.5 Å². The molecule has 1 aliphatic rings. The number of ether oxygens (including phenoxy) is 2. The number of hydrogen-bond donors (Lipinski definition) is 2. The van der Waals surface area contributed by atoms with Gasteiger partial charge in [0.2, 0.25) is 5.91 Å². The van der Waals surface area contributed by atoms with Crippen LogP contribution in [0.1, 0.15) is 18.5 Å². The highest BCUT2D eigenvalue weighted by molar-refractivity contribution is 7.99. The lowest BCUT2D eigenvalue weighted by atomic mass is 10.2. The maximum atomic E-state index is 11.8. The van der Waals surface area contributed by atoms with E-state index in [0.29, 0.717) is 17.4 Å². The lowest BCUT2D eigenvalue weighted by Gasteiger charge is -2.10. The van der Waals surface area contributed by atoms with E-state index in [-0.39, 0.29) is 29.7 Å². The molecule has 23 heavy (non-hydrogen) atoms. The predicted molar refractivity (Wildman–Crippen MR) is 83.3 cm³/mol. The topological polar surface area (TPSA) is 110 Å². The summed E-state index contributed by atoms with van der Waals surface area (Å²) in [5.74, 6) is -0.517. The average Bonchev–Trinajstić information content (AvgIpc) is 3.03. The van der Waals surface area contributed by atoms with Crippen molar-refractivity contribution in [3.63, 3.8) is 0 Å². The highest BCUT2D eigenvalue weighted by Crippen LogP contribution is 2.12. The maximum absolute atomic E-state index is 11.8. The Morgan fingerprint density at radius 3 is 3.09 bits per heavy atom. The van der Waals surface area contributed by atoms with Crippen LogP contribution in [-0.4, -0.2) is 54.0 Å². The first-order chi connectivity index (χ1) is 11.1. The first-order valence-corrected chi connectivity index (χ1v) is 8.23. The zero-order valence-corrected chi connectivity index (χ0v) is 13.6. The van der Waals surface area contributed by atoms with E-state index in [1.54, 1.807) is 0 Å². The van der Waals surface area contributed by atoms with Crippen LogP contribution < -0.4 is 10.9 Å². The Bertz CT molecular complexity index is 613. The van der Waals surface area contributed by atoms with Crippen molar-refractivity contribution >= 4 is 23.6 Å². The second kappa shape index (κ2) is 8.68. The number of aromatic nitrogens is 2. The molecule has 9 heteroatoms. The second-order valence-electron chi connectivity index (χ2n) is 5.02. The average molecular weight is 341 g/mol. The summed E-state index contributed by atoms with van der Waals surface area (Å²) in [4.78, 5) is 41.2. The predicted octanol–water partition coefficient (Wildman–Crippen LogP) is -0.127. The Balaban J connectivity index is 1.83. The minimum atomic E-state index is -0.478. The summed E-state index contributed by atoms with van der Waals surface area (Å²) in [6.07, 6.45) is 1.98. The molecule has 1 aromatic rings. The molecule has 1 amide bonds. The normalized spacial score (nSPS) is 17.0. The van der Waals surface area contributed by atoms with Gasteiger partial charge in [0.15, 0.2) is 5.16 Å². The number of H-pyrrole nitrogens is 1. The van der Waals surface area contributed by atoms with E-state index in [9.17, 15) is 14.4 Å². The second-order valence-corrected chi connectivity index (χ2v) is 5.99. The number of thioether (sulfide) groups is 1. The highest BCUT2D eigenvalue weighted by atomic mass is 32.2. The van der Waals surface area contributed by atoms with Crippen molar-refractivity contribution in [2.24, 2.45) is 0 Å². The molecule has 0 unspecified atom stereocenters. The van der Waals surface area contributed by atoms with E-state index >= 15 is 0 Å². The summed E-state index contributed by atoms with van der Waals surface area (Å²) in [6, 6.07) is 1.23. The summed E-state index contributed by atoms with van der Waals surface area (Å²) < 4.78 is 9.96. The van der Waals surface area contributed by atoms with Crippen LogP contribution in [0.15, 0.2) is 16.0 Å². The number of amides is 1. The van der Waals surface area contributed by atoms with Gasteiger partial charge in [-0.15, -0.1) is 0 Å². The molecule has 1 aromatic heterocycles. The summed E-state index contributed by atoms with van der Waals surface area (Å²) in [5, 5.41) is 3.08. The molecule has 2 rings (SSSR count). The van der Waals surface area contributed by atoms with Gasteiger partial charge in [0.1, 0.15) is 0 Å². The van der Waals surface area contributed by atoms with Crippen LogP contribution in [-0.2, 0) is 25.5 Å². The van der Waals surface area contributed by atoms with Crippen LogP contribution >= 0.6 is 11.8 Å². The first kappa shape index (κ1) is 17.5. The van der Waals surface area contributed by atoms with E-state index in [4.69, 9.17) is 4.74 Å². The fourth-order valence-corrected chi connectivity index (χ4v) is 2.80. The Morgan fingerprint density at radius 1 is 1.57 bits per heavy atom. The summed E-state index contributed by atoms with van der Waals surface area (Å²) in [7, 11) is 1.27. The molecule has 1 atom stereocenters. The summed E-state index contributed by atoms with van der Waals surface area (Å²) >= 11 is 1.10. The van der Waals surface area contributed by atoms with Gasteiger partial charge >= 0.3 is 5.97 Å². The Labute approximate surface area is 137 Å². The minimum Gasteiger partial charge on any atom is -0.469 e. The van der Waals surface area contributed by atoms with Gasteiger partial charge in [-0.3, -0.25) is 14.4 Å². The molecule has 0 bridgehead atoms. The van der Waals surface area contributed by atoms with E-state index in [1.807, 2.05) is 0 Å². The molecule has 2 N–H and O–H groups in total. The van der Waals surface area contributed by atoms with Crippen molar-refractivity contribution in [1.29, 1.82) is 0 Å². The van der Waals surface area contributed by atoms with Crippen molar-refractivity contribution in [1.82, 2.24) is 15.3 Å². The van der Waals surface area contributed by atoms with Gasteiger partial charge < -0.3 is 19.8 Å². The quantitative estimate of drug-likeness (QED) is 0.404. The van der Waals surface area contributed by atoms with Gasteiger partial charge in [-0.25, -0.2) is 4.98 Å². The van der Waals surface area contributed by atoms with Gasteiger partial charge in [-0.05, 0) is 12.8 Å². The largest absolute Gasteiger partial charge is 0.469 e. The van der Waals surface area contributed by atoms with E-state index in [1.165, 1.54) is 13.2 Å². The van der Waals surface area contributed by atoms with E-state index < -0.39 is 5.97 Å². The van der Waals surface area contributed by atoms with E-state index in [2.05, 4.69) is 20.0 Å². The zero-order valence-electron chi connectivity index (χ0n) is 12.8. The third-order valence-electron chi connectivity index (χ3n) is 3.22. The molecular weight excluding hydrogens is 322 g/mol. The number of carbonyl (C=O) groups is 2. The number of methoxy groups -OCH3 is 1. The first-order valence-electron chi connectivity index (χ1n) is 7.25. The molecule has 0 saturated carbocycles. The molecule has 0 spiro atoms. The van der Waals surface area contributed by atoms with Gasteiger partial charge in [-0.1, -0.05) is 11.8 Å². The van der Waals surface area contributed by atoms with Crippen molar-refractivity contribution in [3.8, 4) is 0 Å². The molecule has 1 fully saturated rings. The van der Waals surface area contributed by atoms with Crippen molar-refractivity contribution in [2.75, 3.05) is 26.0 Å². The molecule has 0 aromatic carbocycles. The number of rotatable bonds is 7. The minimum absolute atomic E-state index is 0.0841. The third-order valence-corrected chi connectivity index (χ3v) is 4.09. The highest BCUT2D eigenvalue weighted by Gasteiger charge is 2.16. The lowest BCUT2D eigenvalue weighted by Crippen LogP contribution is -2.33. The van der Waals surface area contributed by atoms with Crippen molar-refractivity contribution < 1.29 is 19.1 Å². The molecule has 0 radical (unpaired) electrons. The number of aromatic amines is 1. The van der Waals surface area contributed by atoms with Crippen LogP contribution in [0, 0.1) is 0 Å². The Hall–Kier alpha value is -1.87. The standard InChI is InChI=1S/C14H19N3O5S/c1-21-13(20)6-9-5-11(18)17-14(16-9)23-8-12(19)15-7-10-3-2-4-22-10/h5,10H,2-4,6-8H2,1H3,(H,15,19)(H,16,17,18)/t10-/m0/s1. The number of esters is 1. The molecule has 0 aliphatic carbocycles. The summed E-state index contributed by atoms with van der Waals surface area (Å²) in [5.41, 5.74) is -0.0657. The monoisotopic (exact) mass is 341 g/mol. The maximum Gasteiger partial charge on any atom is 0.311 e. The van der Waals surface area contributed by atoms with E-state index in [0.717, 1.165) is 31.2 Å². The molecule has 126 valence electrons. The fraction of sp³-hybridized carbons (Fsp3) is 0.571. The number of carbonyl (C=O) groups excluding carboxylic acids is 2. The van der Waals surface area contributed by atoms with Gasteiger partial charge in [0, 0.05) is 19.2 Å². The molecular formula is C14H19N3O5S. The molecule has 1 aliphatic heterocycles. The Kier molecular flexibility index (Phi) is 6.60. The Morgan fingerprint density at radius 2 is 2.39 bits per heavy atom. The van der Waals surface area contributed by atoms with Crippen LogP contribution in [0.25, 0.3) is 0 Å². The smallest absolute Gasteiger partial charge is 0.311 e. The van der Waals surface area contributed by atoms with Crippen LogP contribution in [0.4, 0.5) is 0 Å². The van der Waals surface area contributed by atoms with Gasteiger partial charge in [-0.2, -0.15) is 0 Å². The fourth-order valence-electron chi connectivity index (χ4n) is 2.08. The van der Waals surface area contributed by atoms with Gasteiger partial charge in [0.25, 0.3) is 5.56 Å². The molecule has 2 heterocycles. The van der Waals surface area contributed by atoms with Crippen LogP contribution in [0.5, 0.6) is 0 Å². The SMILES string of the molecule is COC(=O)Cc1cc(=O)[nH]c(SCC(=O)NC[C@@H]2CCCO2)n1. The lowest BCUT2D eigenvalue weighted by molar-refractivity contribution is -0.139. The summed E-state index contributed by atoms with van der Waals surface area (Å²) in [6.45, 7) is 1.24.